The molecule has 6 nitrogen and oxygen atoms in total. The van der Waals surface area contributed by atoms with Crippen molar-refractivity contribution in [3.63, 3.8) is 0 Å². The van der Waals surface area contributed by atoms with Crippen LogP contribution in [0.4, 0.5) is 5.69 Å². The molecule has 2 rings (SSSR count). The molecule has 1 N–H and O–H groups in total. The second-order valence-corrected chi connectivity index (χ2v) is 5.45. The van der Waals surface area contributed by atoms with Gasteiger partial charge in [0.2, 0.25) is 0 Å². The minimum absolute atomic E-state index is 0.0543. The van der Waals surface area contributed by atoms with E-state index < -0.39 is 4.92 Å². The molecule has 1 aliphatic rings. The third kappa shape index (κ3) is 4.41. The standard InChI is InChI=1S/C15H22N2O4/c1-12-4-2-5-14(15(12)17(19)20)21-11-3-8-16-9-6-13(18)7-10-16/h2,4-5,13,18H,3,6-11H2,1H3. The van der Waals surface area contributed by atoms with E-state index in [1.165, 1.54) is 0 Å². The van der Waals surface area contributed by atoms with Gasteiger partial charge in [0.05, 0.1) is 17.6 Å². The summed E-state index contributed by atoms with van der Waals surface area (Å²) >= 11 is 0. The third-order valence-electron chi connectivity index (χ3n) is 3.82. The zero-order chi connectivity index (χ0) is 15.2. The van der Waals surface area contributed by atoms with E-state index in [1.54, 1.807) is 25.1 Å². The lowest BCUT2D eigenvalue weighted by Crippen LogP contribution is -2.36. The predicted molar refractivity (Wildman–Crippen MR) is 79.6 cm³/mol. The average Bonchev–Trinajstić information content (AvgIpc) is 2.45. The van der Waals surface area contributed by atoms with Crippen LogP contribution in [-0.2, 0) is 0 Å². The normalized spacial score (nSPS) is 16.9. The lowest BCUT2D eigenvalue weighted by molar-refractivity contribution is -0.386. The number of hydrogen-bond donors (Lipinski definition) is 1. The van der Waals surface area contributed by atoms with E-state index in [0.29, 0.717) is 17.9 Å². The minimum Gasteiger partial charge on any atom is -0.487 e. The van der Waals surface area contributed by atoms with Crippen molar-refractivity contribution < 1.29 is 14.8 Å². The molecule has 21 heavy (non-hydrogen) atoms. The van der Waals surface area contributed by atoms with Crippen molar-refractivity contribution in [3.8, 4) is 5.75 Å². The smallest absolute Gasteiger partial charge is 0.313 e. The van der Waals surface area contributed by atoms with Crippen LogP contribution in [0.2, 0.25) is 0 Å². The molecule has 0 amide bonds. The summed E-state index contributed by atoms with van der Waals surface area (Å²) in [6.07, 6.45) is 2.31. The lowest BCUT2D eigenvalue weighted by atomic mass is 10.1. The Morgan fingerprint density at radius 2 is 2.14 bits per heavy atom. The molecule has 1 aromatic rings. The van der Waals surface area contributed by atoms with Crippen LogP contribution in [0.15, 0.2) is 18.2 Å². The van der Waals surface area contributed by atoms with Crippen molar-refractivity contribution in [3.05, 3.63) is 33.9 Å². The van der Waals surface area contributed by atoms with Gasteiger partial charge in [0.25, 0.3) is 0 Å². The summed E-state index contributed by atoms with van der Waals surface area (Å²) in [5, 5.41) is 20.5. The molecule has 1 aliphatic heterocycles. The van der Waals surface area contributed by atoms with Crippen LogP contribution in [0.25, 0.3) is 0 Å². The summed E-state index contributed by atoms with van der Waals surface area (Å²) in [6.45, 7) is 4.89. The second-order valence-electron chi connectivity index (χ2n) is 5.45. The van der Waals surface area contributed by atoms with E-state index in [1.807, 2.05) is 0 Å². The molecule has 0 aromatic heterocycles. The maximum absolute atomic E-state index is 11.0. The minimum atomic E-state index is -0.392. The molecule has 1 aromatic carbocycles. The van der Waals surface area contributed by atoms with Crippen LogP contribution < -0.4 is 4.74 Å². The zero-order valence-corrected chi connectivity index (χ0v) is 12.3. The number of nitro groups is 1. The fraction of sp³-hybridized carbons (Fsp3) is 0.600. The number of rotatable bonds is 6. The number of benzene rings is 1. The number of likely N-dealkylation sites (tertiary alicyclic amines) is 1. The van der Waals surface area contributed by atoms with Crippen LogP contribution in [0, 0.1) is 17.0 Å². The molecule has 0 aliphatic carbocycles. The maximum Gasteiger partial charge on any atom is 0.313 e. The fourth-order valence-corrected chi connectivity index (χ4v) is 2.60. The Morgan fingerprint density at radius 3 is 2.81 bits per heavy atom. The average molecular weight is 294 g/mol. The Bertz CT molecular complexity index is 485. The molecule has 0 radical (unpaired) electrons. The fourth-order valence-electron chi connectivity index (χ4n) is 2.60. The number of nitrogens with zero attached hydrogens (tertiary/aromatic N) is 2. The Morgan fingerprint density at radius 1 is 1.43 bits per heavy atom. The summed E-state index contributed by atoms with van der Waals surface area (Å²) in [4.78, 5) is 12.9. The quantitative estimate of drug-likeness (QED) is 0.494. The SMILES string of the molecule is Cc1cccc(OCCCN2CCC(O)CC2)c1[N+](=O)[O-]. The first-order valence-electron chi connectivity index (χ1n) is 7.35. The highest BCUT2D eigenvalue weighted by molar-refractivity contribution is 5.51. The monoisotopic (exact) mass is 294 g/mol. The molecule has 1 saturated heterocycles. The molecule has 0 bridgehead atoms. The maximum atomic E-state index is 11.0. The number of piperidine rings is 1. The number of aliphatic hydroxyl groups is 1. The second kappa shape index (κ2) is 7.38. The van der Waals surface area contributed by atoms with Gasteiger partial charge in [-0.25, -0.2) is 0 Å². The molecular weight excluding hydrogens is 272 g/mol. The van der Waals surface area contributed by atoms with Crippen molar-refractivity contribution in [2.75, 3.05) is 26.2 Å². The Balaban J connectivity index is 1.79. The van der Waals surface area contributed by atoms with Crippen LogP contribution in [0.1, 0.15) is 24.8 Å². The lowest BCUT2D eigenvalue weighted by Gasteiger charge is -2.29. The Labute approximate surface area is 124 Å². The molecule has 0 atom stereocenters. The topological polar surface area (TPSA) is 75.8 Å². The Hall–Kier alpha value is -1.66. The van der Waals surface area contributed by atoms with Crippen molar-refractivity contribution >= 4 is 5.69 Å². The van der Waals surface area contributed by atoms with Gasteiger partial charge in [-0.3, -0.25) is 10.1 Å². The summed E-state index contributed by atoms with van der Waals surface area (Å²) in [6, 6.07) is 5.12. The first-order valence-corrected chi connectivity index (χ1v) is 7.35. The highest BCUT2D eigenvalue weighted by Crippen LogP contribution is 2.30. The summed E-state index contributed by atoms with van der Waals surface area (Å²) in [5.74, 6) is 0.342. The first kappa shape index (κ1) is 15.7. The van der Waals surface area contributed by atoms with Gasteiger partial charge in [0.15, 0.2) is 5.75 Å². The number of aryl methyl sites for hydroxylation is 1. The summed E-state index contributed by atoms with van der Waals surface area (Å²) in [5.41, 5.74) is 0.668. The van der Waals surface area contributed by atoms with Gasteiger partial charge in [-0.1, -0.05) is 12.1 Å². The number of para-hydroxylation sites is 1. The number of nitro benzene ring substituents is 1. The van der Waals surface area contributed by atoms with E-state index in [2.05, 4.69) is 4.90 Å². The summed E-state index contributed by atoms with van der Waals surface area (Å²) in [7, 11) is 0. The Kier molecular flexibility index (Phi) is 5.52. The highest BCUT2D eigenvalue weighted by atomic mass is 16.6. The largest absolute Gasteiger partial charge is 0.487 e. The van der Waals surface area contributed by atoms with Crippen molar-refractivity contribution in [2.24, 2.45) is 0 Å². The van der Waals surface area contributed by atoms with Gasteiger partial charge in [-0.2, -0.15) is 0 Å². The molecular formula is C15H22N2O4. The predicted octanol–water partition coefficient (Wildman–Crippen LogP) is 2.13. The number of aliphatic hydroxyl groups excluding tert-OH is 1. The zero-order valence-electron chi connectivity index (χ0n) is 12.3. The van der Waals surface area contributed by atoms with E-state index in [-0.39, 0.29) is 11.8 Å². The van der Waals surface area contributed by atoms with E-state index in [0.717, 1.165) is 38.9 Å². The van der Waals surface area contributed by atoms with Crippen LogP contribution in [0.3, 0.4) is 0 Å². The van der Waals surface area contributed by atoms with Crippen molar-refractivity contribution in [2.45, 2.75) is 32.3 Å². The van der Waals surface area contributed by atoms with Gasteiger partial charge in [0, 0.05) is 25.2 Å². The van der Waals surface area contributed by atoms with Crippen LogP contribution in [0.5, 0.6) is 5.75 Å². The molecule has 6 heteroatoms. The molecule has 0 unspecified atom stereocenters. The van der Waals surface area contributed by atoms with Gasteiger partial charge in [-0.05, 0) is 32.3 Å². The molecule has 1 fully saturated rings. The van der Waals surface area contributed by atoms with Crippen LogP contribution in [-0.4, -0.2) is 47.3 Å². The third-order valence-corrected chi connectivity index (χ3v) is 3.82. The van der Waals surface area contributed by atoms with Crippen LogP contribution >= 0.6 is 0 Å². The van der Waals surface area contributed by atoms with E-state index in [4.69, 9.17) is 4.74 Å². The van der Waals surface area contributed by atoms with Gasteiger partial charge in [-0.15, -0.1) is 0 Å². The van der Waals surface area contributed by atoms with Crippen molar-refractivity contribution in [1.82, 2.24) is 4.90 Å². The summed E-state index contributed by atoms with van der Waals surface area (Å²) < 4.78 is 5.57. The molecule has 116 valence electrons. The van der Waals surface area contributed by atoms with Gasteiger partial charge in [0.1, 0.15) is 0 Å². The first-order chi connectivity index (χ1) is 10.1. The van der Waals surface area contributed by atoms with E-state index in [9.17, 15) is 15.2 Å². The molecule has 0 spiro atoms. The van der Waals surface area contributed by atoms with Gasteiger partial charge < -0.3 is 14.7 Å². The number of ether oxygens (including phenoxy) is 1. The van der Waals surface area contributed by atoms with Gasteiger partial charge >= 0.3 is 5.69 Å². The van der Waals surface area contributed by atoms with E-state index >= 15 is 0 Å². The molecule has 1 heterocycles. The molecule has 0 saturated carbocycles. The highest BCUT2D eigenvalue weighted by Gasteiger charge is 2.19. The van der Waals surface area contributed by atoms with Crippen molar-refractivity contribution in [1.29, 1.82) is 0 Å². The number of hydrogen-bond acceptors (Lipinski definition) is 5.